The summed E-state index contributed by atoms with van der Waals surface area (Å²) < 4.78 is 0. The quantitative estimate of drug-likeness (QED) is 0.204. The van der Waals surface area contributed by atoms with Crippen LogP contribution in [0.1, 0.15) is 16.7 Å². The molecule has 0 saturated heterocycles. The van der Waals surface area contributed by atoms with E-state index in [2.05, 4.69) is 25.8 Å². The van der Waals surface area contributed by atoms with E-state index in [0.29, 0.717) is 16.6 Å². The van der Waals surface area contributed by atoms with E-state index in [0.717, 1.165) is 16.8 Å². The molecule has 0 heterocycles. The smallest absolute Gasteiger partial charge is 0.191 e. The molecule has 7 nitrogen and oxygen atoms in total. The summed E-state index contributed by atoms with van der Waals surface area (Å²) in [5.74, 6) is 0.526. The Morgan fingerprint density at radius 2 is 1.65 bits per heavy atom. The van der Waals surface area contributed by atoms with E-state index in [-0.39, 0.29) is 5.75 Å². The highest BCUT2D eigenvalue weighted by atomic mass is 32.1. The number of hydrogen-bond donors (Lipinski definition) is 4. The van der Waals surface area contributed by atoms with Crippen LogP contribution in [0.2, 0.25) is 0 Å². The van der Waals surface area contributed by atoms with E-state index in [1.54, 1.807) is 30.5 Å². The van der Waals surface area contributed by atoms with Gasteiger partial charge in [-0.3, -0.25) is 5.43 Å². The van der Waals surface area contributed by atoms with Crippen molar-refractivity contribution in [1.82, 2.24) is 5.43 Å². The van der Waals surface area contributed by atoms with Crippen LogP contribution in [0.25, 0.3) is 0 Å². The molecule has 0 fully saturated rings. The van der Waals surface area contributed by atoms with Crippen molar-refractivity contribution in [3.63, 3.8) is 0 Å². The van der Waals surface area contributed by atoms with Gasteiger partial charge in [0.15, 0.2) is 5.11 Å². The van der Waals surface area contributed by atoms with E-state index in [1.165, 1.54) is 11.9 Å². The highest BCUT2D eigenvalue weighted by Gasteiger charge is 1.98. The van der Waals surface area contributed by atoms with Crippen molar-refractivity contribution in [3.05, 3.63) is 89.5 Å². The van der Waals surface area contributed by atoms with E-state index in [1.807, 2.05) is 55.5 Å². The topological polar surface area (TPSA) is 107 Å². The molecular weight excluding hydrogens is 408 g/mol. The number of amidine groups is 1. The lowest BCUT2D eigenvalue weighted by atomic mass is 10.1. The molecule has 3 aromatic carbocycles. The van der Waals surface area contributed by atoms with Gasteiger partial charge in [0.05, 0.1) is 11.9 Å². The molecule has 0 aliphatic rings. The van der Waals surface area contributed by atoms with Gasteiger partial charge < -0.3 is 16.2 Å². The van der Waals surface area contributed by atoms with Crippen LogP contribution in [0.5, 0.6) is 5.75 Å². The van der Waals surface area contributed by atoms with Crippen molar-refractivity contribution >= 4 is 47.1 Å². The molecule has 0 saturated carbocycles. The van der Waals surface area contributed by atoms with E-state index in [4.69, 9.17) is 18.0 Å². The standard InChI is InChI=1S/C23H22N6OS/c1-16-2-8-20(9-3-16)28-23(31)29-27-14-17-4-6-18(7-5-17)22(24)26-15-25-19-10-12-21(30)13-11-19/h2-15,30H,1H3,(H2,24,25,26)(H2,28,29,31)/b27-14+. The fourth-order valence-electron chi connectivity index (χ4n) is 2.47. The number of nitrogens with two attached hydrogens (primary N) is 1. The molecular formula is C23H22N6OS. The molecule has 3 rings (SSSR count). The number of hydrazone groups is 1. The molecule has 0 aromatic heterocycles. The first-order chi connectivity index (χ1) is 15.0. The van der Waals surface area contributed by atoms with Gasteiger partial charge in [0.25, 0.3) is 0 Å². The first kappa shape index (κ1) is 21.7. The lowest BCUT2D eigenvalue weighted by molar-refractivity contribution is 0.475. The van der Waals surface area contributed by atoms with Crippen LogP contribution in [0, 0.1) is 6.92 Å². The fraction of sp³-hybridized carbons (Fsp3) is 0.0435. The first-order valence-electron chi connectivity index (χ1n) is 9.41. The molecule has 8 heteroatoms. The predicted molar refractivity (Wildman–Crippen MR) is 132 cm³/mol. The molecule has 0 aliphatic heterocycles. The second kappa shape index (κ2) is 10.7. The van der Waals surface area contributed by atoms with Crippen molar-refractivity contribution in [2.45, 2.75) is 6.92 Å². The van der Waals surface area contributed by atoms with Crippen LogP contribution in [0.4, 0.5) is 11.4 Å². The summed E-state index contributed by atoms with van der Waals surface area (Å²) in [6.45, 7) is 2.03. The van der Waals surface area contributed by atoms with Gasteiger partial charge in [0, 0.05) is 11.3 Å². The lowest BCUT2D eigenvalue weighted by Gasteiger charge is -2.07. The Hall–Kier alpha value is -4.04. The Labute approximate surface area is 186 Å². The summed E-state index contributed by atoms with van der Waals surface area (Å²) in [7, 11) is 0. The minimum atomic E-state index is 0.185. The molecule has 0 aliphatic carbocycles. The summed E-state index contributed by atoms with van der Waals surface area (Å²) in [5, 5.41) is 16.9. The largest absolute Gasteiger partial charge is 0.508 e. The third-order valence-electron chi connectivity index (χ3n) is 4.15. The Kier molecular flexibility index (Phi) is 7.45. The van der Waals surface area contributed by atoms with Crippen LogP contribution >= 0.6 is 12.2 Å². The number of phenolic OH excluding ortho intramolecular Hbond substituents is 1. The molecule has 3 aromatic rings. The second-order valence-electron chi connectivity index (χ2n) is 6.59. The third-order valence-corrected chi connectivity index (χ3v) is 4.34. The number of aliphatic imine (C=N–C) groups is 2. The molecule has 5 N–H and O–H groups in total. The van der Waals surface area contributed by atoms with Crippen molar-refractivity contribution in [3.8, 4) is 5.75 Å². The number of thiocarbonyl (C=S) groups is 1. The zero-order valence-corrected chi connectivity index (χ0v) is 17.7. The Bertz CT molecular complexity index is 1100. The van der Waals surface area contributed by atoms with E-state index in [9.17, 15) is 5.11 Å². The first-order valence-corrected chi connectivity index (χ1v) is 9.82. The number of anilines is 1. The highest BCUT2D eigenvalue weighted by Crippen LogP contribution is 2.16. The number of rotatable bonds is 6. The normalized spacial score (nSPS) is 11.7. The average Bonchev–Trinajstić information content (AvgIpc) is 2.77. The summed E-state index contributed by atoms with van der Waals surface area (Å²) >= 11 is 5.23. The lowest BCUT2D eigenvalue weighted by Crippen LogP contribution is -2.23. The maximum atomic E-state index is 9.27. The molecule has 31 heavy (non-hydrogen) atoms. The van der Waals surface area contributed by atoms with Crippen LogP contribution in [-0.4, -0.2) is 28.6 Å². The molecule has 0 radical (unpaired) electrons. The second-order valence-corrected chi connectivity index (χ2v) is 7.00. The van der Waals surface area contributed by atoms with Gasteiger partial charge in [-0.25, -0.2) is 9.98 Å². The van der Waals surface area contributed by atoms with E-state index < -0.39 is 0 Å². The van der Waals surface area contributed by atoms with Crippen LogP contribution in [0.15, 0.2) is 87.9 Å². The molecule has 156 valence electrons. The van der Waals surface area contributed by atoms with Gasteiger partial charge in [-0.05, 0) is 61.1 Å². The maximum absolute atomic E-state index is 9.27. The van der Waals surface area contributed by atoms with Gasteiger partial charge in [-0.2, -0.15) is 5.10 Å². The van der Waals surface area contributed by atoms with Gasteiger partial charge in [-0.1, -0.05) is 42.0 Å². The summed E-state index contributed by atoms with van der Waals surface area (Å²) in [4.78, 5) is 8.31. The summed E-state index contributed by atoms with van der Waals surface area (Å²) in [6, 6.07) is 21.8. The zero-order valence-electron chi connectivity index (χ0n) is 16.9. The van der Waals surface area contributed by atoms with Crippen molar-refractivity contribution in [2.24, 2.45) is 20.8 Å². The highest BCUT2D eigenvalue weighted by molar-refractivity contribution is 7.80. The number of hydrogen-bond acceptors (Lipinski definition) is 4. The van der Waals surface area contributed by atoms with Crippen LogP contribution < -0.4 is 16.5 Å². The Morgan fingerprint density at radius 3 is 2.32 bits per heavy atom. The van der Waals surface area contributed by atoms with Crippen LogP contribution in [0.3, 0.4) is 0 Å². The van der Waals surface area contributed by atoms with Crippen molar-refractivity contribution in [1.29, 1.82) is 0 Å². The van der Waals surface area contributed by atoms with Gasteiger partial charge in [0.1, 0.15) is 17.9 Å². The SMILES string of the molecule is Cc1ccc(NC(=S)N/N=C/c2ccc(C(N)=NC=Nc3ccc(O)cc3)cc2)cc1. The average molecular weight is 431 g/mol. The number of benzene rings is 3. The van der Waals surface area contributed by atoms with Crippen molar-refractivity contribution in [2.75, 3.05) is 5.32 Å². The molecule has 0 amide bonds. The zero-order chi connectivity index (χ0) is 22.1. The van der Waals surface area contributed by atoms with Crippen molar-refractivity contribution < 1.29 is 5.11 Å². The predicted octanol–water partition coefficient (Wildman–Crippen LogP) is 4.09. The van der Waals surface area contributed by atoms with Gasteiger partial charge >= 0.3 is 0 Å². The maximum Gasteiger partial charge on any atom is 0.191 e. The number of aromatic hydroxyl groups is 1. The Balaban J connectivity index is 1.52. The minimum absolute atomic E-state index is 0.185. The van der Waals surface area contributed by atoms with Crippen LogP contribution in [-0.2, 0) is 0 Å². The molecule has 0 unspecified atom stereocenters. The number of nitrogens with one attached hydrogen (secondary N) is 2. The molecule has 0 bridgehead atoms. The van der Waals surface area contributed by atoms with Gasteiger partial charge in [-0.15, -0.1) is 0 Å². The molecule has 0 spiro atoms. The number of phenols is 1. The van der Waals surface area contributed by atoms with Gasteiger partial charge in [0.2, 0.25) is 0 Å². The monoisotopic (exact) mass is 430 g/mol. The molecule has 0 atom stereocenters. The summed E-state index contributed by atoms with van der Waals surface area (Å²) in [6.07, 6.45) is 3.04. The number of nitrogens with zero attached hydrogens (tertiary/aromatic N) is 3. The fourth-order valence-corrected chi connectivity index (χ4v) is 2.64. The number of aryl methyl sites for hydroxylation is 1. The minimum Gasteiger partial charge on any atom is -0.508 e. The van der Waals surface area contributed by atoms with E-state index >= 15 is 0 Å². The Morgan fingerprint density at radius 1 is 0.968 bits per heavy atom. The summed E-state index contributed by atoms with van der Waals surface area (Å²) in [5.41, 5.74) is 13.2. The third kappa shape index (κ3) is 7.06.